The average molecular weight is 375 g/mol. The van der Waals surface area contributed by atoms with E-state index < -0.39 is 0 Å². The van der Waals surface area contributed by atoms with Crippen LogP contribution in [0.25, 0.3) is 0 Å². The van der Waals surface area contributed by atoms with Crippen molar-refractivity contribution in [3.8, 4) is 0 Å². The van der Waals surface area contributed by atoms with E-state index in [9.17, 15) is 4.79 Å². The van der Waals surface area contributed by atoms with Crippen LogP contribution >= 0.6 is 0 Å². The number of guanidine groups is 1. The van der Waals surface area contributed by atoms with Gasteiger partial charge in [0.15, 0.2) is 5.96 Å². The number of hydrogen-bond donors (Lipinski definition) is 2. The summed E-state index contributed by atoms with van der Waals surface area (Å²) in [4.78, 5) is 17.9. The number of carbonyl (C=O) groups excluding carboxylic acids is 1. The molecular formula is C21H34N4O2. The molecule has 0 aliphatic carbocycles. The van der Waals surface area contributed by atoms with E-state index in [2.05, 4.69) is 53.7 Å². The van der Waals surface area contributed by atoms with Crippen molar-refractivity contribution < 1.29 is 9.53 Å². The molecule has 0 atom stereocenters. The molecule has 6 heteroatoms. The van der Waals surface area contributed by atoms with E-state index in [1.54, 1.807) is 11.9 Å². The maximum Gasteiger partial charge on any atom is 0.409 e. The molecular weight excluding hydrogens is 340 g/mol. The lowest BCUT2D eigenvalue weighted by Crippen LogP contribution is -2.51. The van der Waals surface area contributed by atoms with Gasteiger partial charge in [-0.15, -0.1) is 0 Å². The number of ether oxygens (including phenoxy) is 1. The Kier molecular flexibility index (Phi) is 7.95. The quantitative estimate of drug-likeness (QED) is 0.593. The highest BCUT2D eigenvalue weighted by Crippen LogP contribution is 2.20. The van der Waals surface area contributed by atoms with Crippen LogP contribution in [0.4, 0.5) is 4.79 Å². The van der Waals surface area contributed by atoms with Crippen LogP contribution in [-0.4, -0.2) is 56.3 Å². The molecule has 0 aromatic heterocycles. The van der Waals surface area contributed by atoms with Crippen LogP contribution in [-0.2, 0) is 11.2 Å². The molecule has 0 spiro atoms. The molecule has 0 unspecified atom stereocenters. The topological polar surface area (TPSA) is 66.0 Å². The van der Waals surface area contributed by atoms with E-state index in [0.717, 1.165) is 31.8 Å². The summed E-state index contributed by atoms with van der Waals surface area (Å²) < 4.78 is 5.07. The van der Waals surface area contributed by atoms with Gasteiger partial charge in [0.25, 0.3) is 0 Å². The zero-order valence-corrected chi connectivity index (χ0v) is 17.1. The van der Waals surface area contributed by atoms with Crippen molar-refractivity contribution in [2.75, 3.05) is 33.3 Å². The van der Waals surface area contributed by atoms with Crippen LogP contribution in [0, 0.1) is 5.41 Å². The molecule has 1 fully saturated rings. The lowest BCUT2D eigenvalue weighted by Gasteiger charge is -2.33. The fourth-order valence-corrected chi connectivity index (χ4v) is 3.34. The number of piperidine rings is 1. The van der Waals surface area contributed by atoms with Crippen molar-refractivity contribution in [3.05, 3.63) is 35.9 Å². The van der Waals surface area contributed by atoms with Crippen LogP contribution < -0.4 is 10.6 Å². The Balaban J connectivity index is 1.77. The second-order valence-electron chi connectivity index (χ2n) is 7.86. The summed E-state index contributed by atoms with van der Waals surface area (Å²) in [6.07, 6.45) is 2.59. The third-order valence-corrected chi connectivity index (χ3v) is 4.85. The van der Waals surface area contributed by atoms with E-state index in [1.165, 1.54) is 5.56 Å². The zero-order chi connectivity index (χ0) is 19.7. The third kappa shape index (κ3) is 7.12. The van der Waals surface area contributed by atoms with Crippen molar-refractivity contribution in [1.29, 1.82) is 0 Å². The van der Waals surface area contributed by atoms with Gasteiger partial charge in [0.05, 0.1) is 6.61 Å². The van der Waals surface area contributed by atoms with Gasteiger partial charge in [0, 0.05) is 32.7 Å². The first kappa shape index (κ1) is 21.1. The fourth-order valence-electron chi connectivity index (χ4n) is 3.34. The smallest absolute Gasteiger partial charge is 0.409 e. The van der Waals surface area contributed by atoms with Crippen LogP contribution in [0.3, 0.4) is 0 Å². The minimum absolute atomic E-state index is 0.117. The molecule has 1 aromatic carbocycles. The minimum Gasteiger partial charge on any atom is -0.450 e. The van der Waals surface area contributed by atoms with Gasteiger partial charge >= 0.3 is 6.09 Å². The van der Waals surface area contributed by atoms with Crippen molar-refractivity contribution in [3.63, 3.8) is 0 Å². The number of hydrogen-bond acceptors (Lipinski definition) is 3. The van der Waals surface area contributed by atoms with Gasteiger partial charge in [0.1, 0.15) is 0 Å². The number of nitrogens with one attached hydrogen (secondary N) is 2. The second kappa shape index (κ2) is 10.2. The molecule has 1 saturated heterocycles. The Morgan fingerprint density at radius 2 is 1.93 bits per heavy atom. The lowest BCUT2D eigenvalue weighted by atomic mass is 9.86. The van der Waals surface area contributed by atoms with Crippen LogP contribution in [0.2, 0.25) is 0 Å². The summed E-state index contributed by atoms with van der Waals surface area (Å²) in [7, 11) is 1.80. The summed E-state index contributed by atoms with van der Waals surface area (Å²) in [5.74, 6) is 0.825. The maximum absolute atomic E-state index is 11.8. The zero-order valence-electron chi connectivity index (χ0n) is 17.1. The Morgan fingerprint density at radius 3 is 2.52 bits per heavy atom. The average Bonchev–Trinajstić information content (AvgIpc) is 2.66. The molecule has 27 heavy (non-hydrogen) atoms. The van der Waals surface area contributed by atoms with E-state index in [1.807, 2.05) is 13.0 Å². The van der Waals surface area contributed by atoms with Crippen LogP contribution in [0.15, 0.2) is 35.3 Å². The lowest BCUT2D eigenvalue weighted by molar-refractivity contribution is 0.0963. The maximum atomic E-state index is 11.8. The van der Waals surface area contributed by atoms with Crippen LogP contribution in [0.1, 0.15) is 39.2 Å². The standard InChI is InChI=1S/C21H34N4O2/c1-5-27-20(26)25-13-11-18(12-14-25)24-19(22-4)23-16-21(2,3)15-17-9-7-6-8-10-17/h6-10,18H,5,11-16H2,1-4H3,(H2,22,23,24). The summed E-state index contributed by atoms with van der Waals surface area (Å²) in [6, 6.07) is 10.9. The first-order valence-corrected chi connectivity index (χ1v) is 9.86. The highest BCUT2D eigenvalue weighted by Gasteiger charge is 2.25. The highest BCUT2D eigenvalue weighted by molar-refractivity contribution is 5.80. The largest absolute Gasteiger partial charge is 0.450 e. The molecule has 0 saturated carbocycles. The van der Waals surface area contributed by atoms with E-state index in [-0.39, 0.29) is 11.5 Å². The first-order chi connectivity index (χ1) is 12.9. The monoisotopic (exact) mass is 374 g/mol. The summed E-state index contributed by atoms with van der Waals surface area (Å²) in [6.45, 7) is 9.05. The number of benzene rings is 1. The molecule has 1 amide bonds. The van der Waals surface area contributed by atoms with E-state index in [0.29, 0.717) is 25.7 Å². The summed E-state index contributed by atoms with van der Waals surface area (Å²) >= 11 is 0. The number of carbonyl (C=O) groups is 1. The Morgan fingerprint density at radius 1 is 1.26 bits per heavy atom. The molecule has 0 radical (unpaired) electrons. The number of amides is 1. The molecule has 1 heterocycles. The number of aliphatic imine (C=N–C) groups is 1. The van der Waals surface area contributed by atoms with Crippen molar-refractivity contribution >= 4 is 12.1 Å². The van der Waals surface area contributed by atoms with Gasteiger partial charge in [-0.1, -0.05) is 44.2 Å². The summed E-state index contributed by atoms with van der Waals surface area (Å²) in [5, 5.41) is 6.96. The van der Waals surface area contributed by atoms with Gasteiger partial charge in [-0.2, -0.15) is 0 Å². The van der Waals surface area contributed by atoms with Gasteiger partial charge in [0.2, 0.25) is 0 Å². The second-order valence-corrected chi connectivity index (χ2v) is 7.86. The molecule has 1 aliphatic rings. The predicted molar refractivity (Wildman–Crippen MR) is 110 cm³/mol. The van der Waals surface area contributed by atoms with E-state index >= 15 is 0 Å². The molecule has 6 nitrogen and oxygen atoms in total. The number of rotatable bonds is 6. The Bertz CT molecular complexity index is 608. The SMILES string of the molecule is CCOC(=O)N1CCC(NC(=NC)NCC(C)(C)Cc2ccccc2)CC1. The fraction of sp³-hybridized carbons (Fsp3) is 0.619. The van der Waals surface area contributed by atoms with Crippen LogP contribution in [0.5, 0.6) is 0 Å². The highest BCUT2D eigenvalue weighted by atomic mass is 16.6. The molecule has 0 bridgehead atoms. The van der Waals surface area contributed by atoms with Crippen molar-refractivity contribution in [1.82, 2.24) is 15.5 Å². The molecule has 2 rings (SSSR count). The molecule has 150 valence electrons. The normalized spacial score (nSPS) is 16.1. The Labute approximate surface area is 163 Å². The van der Waals surface area contributed by atoms with Crippen molar-refractivity contribution in [2.45, 2.75) is 46.1 Å². The first-order valence-electron chi connectivity index (χ1n) is 9.86. The molecule has 1 aliphatic heterocycles. The minimum atomic E-state index is -0.207. The van der Waals surface area contributed by atoms with Gasteiger partial charge < -0.3 is 20.3 Å². The van der Waals surface area contributed by atoms with Crippen molar-refractivity contribution in [2.24, 2.45) is 10.4 Å². The molecule has 1 aromatic rings. The number of nitrogens with zero attached hydrogens (tertiary/aromatic N) is 2. The summed E-state index contributed by atoms with van der Waals surface area (Å²) in [5.41, 5.74) is 1.46. The van der Waals surface area contributed by atoms with Gasteiger partial charge in [-0.05, 0) is 37.2 Å². The van der Waals surface area contributed by atoms with Gasteiger partial charge in [-0.3, -0.25) is 4.99 Å². The van der Waals surface area contributed by atoms with E-state index in [4.69, 9.17) is 4.74 Å². The third-order valence-electron chi connectivity index (χ3n) is 4.85. The predicted octanol–water partition coefficient (Wildman–Crippen LogP) is 3.04. The van der Waals surface area contributed by atoms with Gasteiger partial charge in [-0.25, -0.2) is 4.79 Å². The Hall–Kier alpha value is -2.24. The number of likely N-dealkylation sites (tertiary alicyclic amines) is 1. The molecule has 2 N–H and O–H groups in total.